The number of rotatable bonds is 8. The van der Waals surface area contributed by atoms with E-state index in [1.54, 1.807) is 0 Å². The molecule has 1 fully saturated rings. The summed E-state index contributed by atoms with van der Waals surface area (Å²) in [6, 6.07) is 8.68. The van der Waals surface area contributed by atoms with Crippen LogP contribution in [0.2, 0.25) is 0 Å². The standard InChI is InChI=1S/C20H28N2O2S.ClH/c1-2-14-24-18-16-10-6-7-11-17(16)25-19(18)20(23)22-13-12-21-15-8-4-3-5-9-15;/h6-7,10-11,15,21H,2-5,8-9,12-14H2,1H3,(H,22,23);1H. The van der Waals surface area contributed by atoms with Gasteiger partial charge in [-0.2, -0.15) is 0 Å². The van der Waals surface area contributed by atoms with E-state index >= 15 is 0 Å². The molecule has 1 heterocycles. The zero-order chi connectivity index (χ0) is 17.5. The van der Waals surface area contributed by atoms with E-state index in [4.69, 9.17) is 4.74 Å². The molecule has 2 N–H and O–H groups in total. The summed E-state index contributed by atoms with van der Waals surface area (Å²) >= 11 is 1.51. The largest absolute Gasteiger partial charge is 0.491 e. The van der Waals surface area contributed by atoms with Gasteiger partial charge in [0.1, 0.15) is 4.88 Å². The maximum absolute atomic E-state index is 12.6. The Labute approximate surface area is 166 Å². The minimum absolute atomic E-state index is 0. The van der Waals surface area contributed by atoms with E-state index in [0.717, 1.165) is 28.8 Å². The van der Waals surface area contributed by atoms with Crippen LogP contribution in [0.1, 0.15) is 55.1 Å². The summed E-state index contributed by atoms with van der Waals surface area (Å²) in [6.07, 6.45) is 7.46. The van der Waals surface area contributed by atoms with E-state index in [1.807, 2.05) is 24.3 Å². The van der Waals surface area contributed by atoms with Crippen molar-refractivity contribution < 1.29 is 9.53 Å². The molecule has 3 rings (SSSR count). The number of hydrogen-bond acceptors (Lipinski definition) is 4. The van der Waals surface area contributed by atoms with Crippen LogP contribution in [-0.4, -0.2) is 31.6 Å². The molecule has 4 nitrogen and oxygen atoms in total. The Morgan fingerprint density at radius 2 is 1.96 bits per heavy atom. The summed E-state index contributed by atoms with van der Waals surface area (Å²) in [4.78, 5) is 13.3. The fraction of sp³-hybridized carbons (Fsp3) is 0.550. The topological polar surface area (TPSA) is 50.4 Å². The lowest BCUT2D eigenvalue weighted by Gasteiger charge is -2.22. The van der Waals surface area contributed by atoms with Crippen molar-refractivity contribution in [3.05, 3.63) is 29.1 Å². The number of thiophene rings is 1. The molecule has 1 amide bonds. The molecule has 2 aromatic rings. The zero-order valence-corrected chi connectivity index (χ0v) is 17.0. The average molecular weight is 397 g/mol. The quantitative estimate of drug-likeness (QED) is 0.632. The average Bonchev–Trinajstić information content (AvgIpc) is 3.03. The van der Waals surface area contributed by atoms with Crippen LogP contribution in [0.4, 0.5) is 0 Å². The van der Waals surface area contributed by atoms with E-state index in [-0.39, 0.29) is 18.3 Å². The summed E-state index contributed by atoms with van der Waals surface area (Å²) in [5.41, 5.74) is 0. The first-order valence-corrected chi connectivity index (χ1v) is 10.3. The number of carbonyl (C=O) groups excluding carboxylic acids is 1. The fourth-order valence-electron chi connectivity index (χ4n) is 3.36. The van der Waals surface area contributed by atoms with Crippen molar-refractivity contribution in [3.8, 4) is 5.75 Å². The predicted octanol–water partition coefficient (Wildman–Crippen LogP) is 4.76. The molecule has 26 heavy (non-hydrogen) atoms. The van der Waals surface area contributed by atoms with Crippen LogP contribution in [0.5, 0.6) is 5.75 Å². The van der Waals surface area contributed by atoms with Crippen LogP contribution in [0, 0.1) is 0 Å². The van der Waals surface area contributed by atoms with Gasteiger partial charge in [0.15, 0.2) is 5.75 Å². The molecule has 1 aromatic heterocycles. The smallest absolute Gasteiger partial charge is 0.265 e. The molecule has 0 atom stereocenters. The van der Waals surface area contributed by atoms with E-state index < -0.39 is 0 Å². The second kappa shape index (κ2) is 10.8. The van der Waals surface area contributed by atoms with E-state index in [2.05, 4.69) is 17.6 Å². The predicted molar refractivity (Wildman–Crippen MR) is 112 cm³/mol. The first kappa shape index (κ1) is 21.0. The van der Waals surface area contributed by atoms with Gasteiger partial charge in [0.05, 0.1) is 6.61 Å². The first-order chi connectivity index (χ1) is 12.3. The zero-order valence-electron chi connectivity index (χ0n) is 15.4. The van der Waals surface area contributed by atoms with Gasteiger partial charge in [0.25, 0.3) is 5.91 Å². The molecule has 1 aliphatic rings. The lowest BCUT2D eigenvalue weighted by atomic mass is 9.95. The van der Waals surface area contributed by atoms with Gasteiger partial charge in [-0.1, -0.05) is 38.3 Å². The highest BCUT2D eigenvalue weighted by Crippen LogP contribution is 2.37. The maximum atomic E-state index is 12.6. The highest BCUT2D eigenvalue weighted by molar-refractivity contribution is 7.21. The van der Waals surface area contributed by atoms with Gasteiger partial charge in [-0.15, -0.1) is 23.7 Å². The lowest BCUT2D eigenvalue weighted by Crippen LogP contribution is -2.37. The van der Waals surface area contributed by atoms with Crippen LogP contribution in [-0.2, 0) is 0 Å². The van der Waals surface area contributed by atoms with Crippen LogP contribution >= 0.6 is 23.7 Å². The molecule has 0 radical (unpaired) electrons. The van der Waals surface area contributed by atoms with Crippen LogP contribution in [0.3, 0.4) is 0 Å². The van der Waals surface area contributed by atoms with Crippen LogP contribution in [0.15, 0.2) is 24.3 Å². The van der Waals surface area contributed by atoms with Gasteiger partial charge in [-0.3, -0.25) is 4.79 Å². The SMILES string of the molecule is CCCOc1c(C(=O)NCCNC2CCCCC2)sc2ccccc12.Cl. The summed E-state index contributed by atoms with van der Waals surface area (Å²) in [5.74, 6) is 0.706. The number of hydrogen-bond donors (Lipinski definition) is 2. The highest BCUT2D eigenvalue weighted by Gasteiger charge is 2.19. The second-order valence-electron chi connectivity index (χ2n) is 6.65. The molecule has 1 saturated carbocycles. The molecule has 1 aliphatic carbocycles. The number of nitrogens with one attached hydrogen (secondary N) is 2. The van der Waals surface area contributed by atoms with Crippen molar-refractivity contribution in [1.29, 1.82) is 0 Å². The lowest BCUT2D eigenvalue weighted by molar-refractivity contribution is 0.0954. The van der Waals surface area contributed by atoms with Crippen molar-refractivity contribution in [1.82, 2.24) is 10.6 Å². The van der Waals surface area contributed by atoms with Gasteiger partial charge in [0, 0.05) is 29.2 Å². The second-order valence-corrected chi connectivity index (χ2v) is 7.70. The summed E-state index contributed by atoms with van der Waals surface area (Å²) < 4.78 is 6.99. The third kappa shape index (κ3) is 5.35. The third-order valence-electron chi connectivity index (χ3n) is 4.66. The number of benzene rings is 1. The summed E-state index contributed by atoms with van der Waals surface area (Å²) in [6.45, 7) is 4.18. The Morgan fingerprint density at radius 3 is 2.73 bits per heavy atom. The Kier molecular flexibility index (Phi) is 8.69. The molecule has 0 bridgehead atoms. The molecular weight excluding hydrogens is 368 g/mol. The minimum atomic E-state index is -0.0299. The fourth-order valence-corrected chi connectivity index (χ4v) is 4.42. The van der Waals surface area contributed by atoms with E-state index in [0.29, 0.717) is 24.1 Å². The molecule has 0 aliphatic heterocycles. The summed E-state index contributed by atoms with van der Waals surface area (Å²) in [5, 5.41) is 7.64. The number of fused-ring (bicyclic) bond motifs is 1. The molecule has 144 valence electrons. The molecule has 0 spiro atoms. The number of carbonyl (C=O) groups is 1. The van der Waals surface area contributed by atoms with Crippen molar-refractivity contribution in [2.45, 2.75) is 51.5 Å². The van der Waals surface area contributed by atoms with Crippen LogP contribution < -0.4 is 15.4 Å². The van der Waals surface area contributed by atoms with Crippen molar-refractivity contribution in [3.63, 3.8) is 0 Å². The molecule has 1 aromatic carbocycles. The Hall–Kier alpha value is -1.30. The molecule has 0 saturated heterocycles. The highest BCUT2D eigenvalue weighted by atomic mass is 35.5. The normalized spacial score (nSPS) is 14.8. The van der Waals surface area contributed by atoms with Gasteiger partial charge in [-0.05, 0) is 31.4 Å². The van der Waals surface area contributed by atoms with Gasteiger partial charge in [-0.25, -0.2) is 0 Å². The number of amides is 1. The van der Waals surface area contributed by atoms with Gasteiger partial charge < -0.3 is 15.4 Å². The number of ether oxygens (including phenoxy) is 1. The third-order valence-corrected chi connectivity index (χ3v) is 5.81. The van der Waals surface area contributed by atoms with E-state index in [9.17, 15) is 4.79 Å². The van der Waals surface area contributed by atoms with Crippen molar-refractivity contribution >= 4 is 39.7 Å². The molecule has 6 heteroatoms. The summed E-state index contributed by atoms with van der Waals surface area (Å²) in [7, 11) is 0. The Bertz CT molecular complexity index is 698. The minimum Gasteiger partial charge on any atom is -0.491 e. The number of halogens is 1. The van der Waals surface area contributed by atoms with Crippen LogP contribution in [0.25, 0.3) is 10.1 Å². The van der Waals surface area contributed by atoms with Crippen molar-refractivity contribution in [2.24, 2.45) is 0 Å². The first-order valence-electron chi connectivity index (χ1n) is 9.45. The molecular formula is C20H29ClN2O2S. The van der Waals surface area contributed by atoms with Gasteiger partial charge >= 0.3 is 0 Å². The van der Waals surface area contributed by atoms with E-state index in [1.165, 1.54) is 43.4 Å². The van der Waals surface area contributed by atoms with Crippen molar-refractivity contribution in [2.75, 3.05) is 19.7 Å². The molecule has 0 unspecified atom stereocenters. The Morgan fingerprint density at radius 1 is 1.19 bits per heavy atom. The Balaban J connectivity index is 0.00000243. The van der Waals surface area contributed by atoms with Gasteiger partial charge in [0.2, 0.25) is 0 Å². The maximum Gasteiger partial charge on any atom is 0.265 e. The monoisotopic (exact) mass is 396 g/mol.